The molecule has 170 valence electrons. The topological polar surface area (TPSA) is 37.3 Å². The van der Waals surface area contributed by atoms with Crippen molar-refractivity contribution in [1.29, 1.82) is 0 Å². The van der Waals surface area contributed by atoms with E-state index in [0.717, 1.165) is 38.0 Å². The Hall–Kier alpha value is -2.96. The molecule has 1 saturated heterocycles. The molecule has 0 saturated carbocycles. The number of para-hydroxylation sites is 1. The number of fused-ring (bicyclic) bond motifs is 1. The van der Waals surface area contributed by atoms with Crippen molar-refractivity contribution < 1.29 is 9.18 Å². The fourth-order valence-electron chi connectivity index (χ4n) is 4.67. The minimum Gasteiger partial charge on any atom is -0.351 e. The third-order valence-corrected chi connectivity index (χ3v) is 7.39. The number of thiophene rings is 1. The Labute approximate surface area is 197 Å². The van der Waals surface area contributed by atoms with Crippen LogP contribution < -0.4 is 5.32 Å². The standard InChI is InChI=1S/C27H28FN3OS/c28-23-9-7-20(8-10-23)18-31-24(16-22-4-1-2-6-26(22)31)19-30-13-11-21(12-14-30)27(32)29-17-25-5-3-15-33-25/h1-10,15-16,21H,11-14,17-19H2,(H,29,32). The van der Waals surface area contributed by atoms with Crippen molar-refractivity contribution in [2.75, 3.05) is 13.1 Å². The summed E-state index contributed by atoms with van der Waals surface area (Å²) in [5, 5.41) is 6.36. The van der Waals surface area contributed by atoms with Gasteiger partial charge in [0.15, 0.2) is 0 Å². The molecule has 5 rings (SSSR count). The summed E-state index contributed by atoms with van der Waals surface area (Å²) in [6.45, 7) is 4.01. The first-order chi connectivity index (χ1) is 16.2. The third kappa shape index (κ3) is 5.18. The SMILES string of the molecule is O=C(NCc1cccs1)C1CCN(Cc2cc3ccccc3n2Cc2ccc(F)cc2)CC1. The lowest BCUT2D eigenvalue weighted by molar-refractivity contribution is -0.126. The van der Waals surface area contributed by atoms with E-state index in [1.807, 2.05) is 23.6 Å². The number of likely N-dealkylation sites (tertiary alicyclic amines) is 1. The summed E-state index contributed by atoms with van der Waals surface area (Å²) in [5.41, 5.74) is 3.53. The summed E-state index contributed by atoms with van der Waals surface area (Å²) in [5.74, 6) is 0.0541. The van der Waals surface area contributed by atoms with Gasteiger partial charge in [-0.3, -0.25) is 9.69 Å². The van der Waals surface area contributed by atoms with Crippen molar-refractivity contribution in [3.8, 4) is 0 Å². The first-order valence-corrected chi connectivity index (χ1v) is 12.4. The van der Waals surface area contributed by atoms with Crippen LogP contribution in [0.2, 0.25) is 0 Å². The van der Waals surface area contributed by atoms with Crippen LogP contribution >= 0.6 is 11.3 Å². The molecule has 1 fully saturated rings. The maximum absolute atomic E-state index is 13.4. The molecule has 1 amide bonds. The van der Waals surface area contributed by atoms with Gasteiger partial charge < -0.3 is 9.88 Å². The molecule has 33 heavy (non-hydrogen) atoms. The molecule has 2 aromatic heterocycles. The van der Waals surface area contributed by atoms with Crippen LogP contribution in [-0.4, -0.2) is 28.5 Å². The van der Waals surface area contributed by atoms with E-state index < -0.39 is 0 Å². The van der Waals surface area contributed by atoms with Gasteiger partial charge in [0.05, 0.1) is 6.54 Å². The molecule has 6 heteroatoms. The molecular formula is C27H28FN3OS. The molecule has 0 bridgehead atoms. The first-order valence-electron chi connectivity index (χ1n) is 11.5. The number of rotatable bonds is 7. The number of hydrogen-bond acceptors (Lipinski definition) is 3. The summed E-state index contributed by atoms with van der Waals surface area (Å²) in [4.78, 5) is 16.2. The summed E-state index contributed by atoms with van der Waals surface area (Å²) < 4.78 is 15.7. The minimum atomic E-state index is -0.210. The van der Waals surface area contributed by atoms with Gasteiger partial charge in [0.1, 0.15) is 5.82 Å². The van der Waals surface area contributed by atoms with E-state index in [-0.39, 0.29) is 17.6 Å². The van der Waals surface area contributed by atoms with Crippen molar-refractivity contribution in [1.82, 2.24) is 14.8 Å². The number of nitrogens with zero attached hydrogens (tertiary/aromatic N) is 2. The average molecular weight is 462 g/mol. The molecule has 0 aliphatic carbocycles. The highest BCUT2D eigenvalue weighted by molar-refractivity contribution is 7.09. The lowest BCUT2D eigenvalue weighted by Gasteiger charge is -2.31. The maximum atomic E-state index is 13.4. The van der Waals surface area contributed by atoms with E-state index in [4.69, 9.17) is 0 Å². The summed E-state index contributed by atoms with van der Waals surface area (Å²) >= 11 is 1.67. The fourth-order valence-corrected chi connectivity index (χ4v) is 5.32. The Morgan fingerprint density at radius 1 is 1.00 bits per heavy atom. The van der Waals surface area contributed by atoms with Crippen LogP contribution in [0.25, 0.3) is 10.9 Å². The molecule has 4 aromatic rings. The number of benzene rings is 2. The average Bonchev–Trinajstić information content (AvgIpc) is 3.48. The van der Waals surface area contributed by atoms with Gasteiger partial charge in [0.2, 0.25) is 5.91 Å². The van der Waals surface area contributed by atoms with Gasteiger partial charge in [-0.15, -0.1) is 11.3 Å². The molecule has 4 nitrogen and oxygen atoms in total. The number of amides is 1. The lowest BCUT2D eigenvalue weighted by Crippen LogP contribution is -2.40. The highest BCUT2D eigenvalue weighted by Gasteiger charge is 2.25. The zero-order valence-corrected chi connectivity index (χ0v) is 19.4. The van der Waals surface area contributed by atoms with Crippen LogP contribution in [0, 0.1) is 11.7 Å². The maximum Gasteiger partial charge on any atom is 0.223 e. The molecule has 2 aromatic carbocycles. The van der Waals surface area contributed by atoms with E-state index >= 15 is 0 Å². The first kappa shape index (κ1) is 21.9. The molecule has 0 radical (unpaired) electrons. The van der Waals surface area contributed by atoms with Gasteiger partial charge in [-0.05, 0) is 72.6 Å². The van der Waals surface area contributed by atoms with Crippen LogP contribution in [0.4, 0.5) is 4.39 Å². The Kier molecular flexibility index (Phi) is 6.55. The number of carbonyl (C=O) groups is 1. The van der Waals surface area contributed by atoms with E-state index in [9.17, 15) is 9.18 Å². The molecule has 0 spiro atoms. The zero-order chi connectivity index (χ0) is 22.6. The van der Waals surface area contributed by atoms with Gasteiger partial charge in [-0.2, -0.15) is 0 Å². The smallest absolute Gasteiger partial charge is 0.223 e. The van der Waals surface area contributed by atoms with E-state index in [0.29, 0.717) is 13.1 Å². The van der Waals surface area contributed by atoms with Gasteiger partial charge in [0, 0.05) is 35.1 Å². The number of nitrogens with one attached hydrogen (secondary N) is 1. The van der Waals surface area contributed by atoms with Crippen LogP contribution in [0.15, 0.2) is 72.1 Å². The van der Waals surface area contributed by atoms with Crippen LogP contribution in [0.5, 0.6) is 0 Å². The third-order valence-electron chi connectivity index (χ3n) is 6.51. The Morgan fingerprint density at radius 2 is 1.79 bits per heavy atom. The van der Waals surface area contributed by atoms with Gasteiger partial charge in [-0.25, -0.2) is 4.39 Å². The Balaban J connectivity index is 1.24. The van der Waals surface area contributed by atoms with Crippen LogP contribution in [-0.2, 0) is 24.4 Å². The van der Waals surface area contributed by atoms with Crippen LogP contribution in [0.3, 0.4) is 0 Å². The predicted octanol–water partition coefficient (Wildman–Crippen LogP) is 5.42. The van der Waals surface area contributed by atoms with Crippen molar-refractivity contribution in [3.05, 3.63) is 94.1 Å². The van der Waals surface area contributed by atoms with Gasteiger partial charge >= 0.3 is 0 Å². The van der Waals surface area contributed by atoms with E-state index in [1.54, 1.807) is 11.3 Å². The van der Waals surface area contributed by atoms with Gasteiger partial charge in [-0.1, -0.05) is 36.4 Å². The summed E-state index contributed by atoms with van der Waals surface area (Å²) in [6, 6.07) is 21.5. The van der Waals surface area contributed by atoms with E-state index in [2.05, 4.69) is 51.2 Å². The molecular weight excluding hydrogens is 433 g/mol. The molecule has 1 aliphatic rings. The highest BCUT2D eigenvalue weighted by atomic mass is 32.1. The summed E-state index contributed by atoms with van der Waals surface area (Å²) in [7, 11) is 0. The molecule has 1 N–H and O–H groups in total. The molecule has 0 unspecified atom stereocenters. The zero-order valence-electron chi connectivity index (χ0n) is 18.5. The Bertz CT molecular complexity index is 1210. The molecule has 3 heterocycles. The second-order valence-corrected chi connectivity index (χ2v) is 9.79. The molecule has 0 atom stereocenters. The summed E-state index contributed by atoms with van der Waals surface area (Å²) in [6.07, 6.45) is 1.77. The van der Waals surface area contributed by atoms with Crippen molar-refractivity contribution in [2.24, 2.45) is 5.92 Å². The van der Waals surface area contributed by atoms with Crippen molar-refractivity contribution >= 4 is 28.1 Å². The number of hydrogen-bond donors (Lipinski definition) is 1. The lowest BCUT2D eigenvalue weighted by atomic mass is 9.96. The largest absolute Gasteiger partial charge is 0.351 e. The number of aromatic nitrogens is 1. The van der Waals surface area contributed by atoms with Crippen molar-refractivity contribution in [3.63, 3.8) is 0 Å². The second-order valence-electron chi connectivity index (χ2n) is 8.75. The molecule has 1 aliphatic heterocycles. The normalized spacial score (nSPS) is 15.2. The van der Waals surface area contributed by atoms with Crippen LogP contribution in [0.1, 0.15) is 29.0 Å². The number of halogens is 1. The number of piperidine rings is 1. The minimum absolute atomic E-state index is 0.0892. The fraction of sp³-hybridized carbons (Fsp3) is 0.296. The Morgan fingerprint density at radius 3 is 2.55 bits per heavy atom. The monoisotopic (exact) mass is 461 g/mol. The van der Waals surface area contributed by atoms with Crippen molar-refractivity contribution in [2.45, 2.75) is 32.5 Å². The van der Waals surface area contributed by atoms with E-state index in [1.165, 1.54) is 33.6 Å². The predicted molar refractivity (Wildman–Crippen MR) is 132 cm³/mol. The highest BCUT2D eigenvalue weighted by Crippen LogP contribution is 2.25. The quantitative estimate of drug-likeness (QED) is 0.399. The number of carbonyl (C=O) groups excluding carboxylic acids is 1. The van der Waals surface area contributed by atoms with Gasteiger partial charge in [0.25, 0.3) is 0 Å². The second kappa shape index (κ2) is 9.89.